The molecule has 84 valence electrons. The van der Waals surface area contributed by atoms with Crippen LogP contribution in [0.2, 0.25) is 0 Å². The van der Waals surface area contributed by atoms with Gasteiger partial charge in [0.15, 0.2) is 0 Å². The van der Waals surface area contributed by atoms with E-state index >= 15 is 0 Å². The normalized spacial score (nSPS) is 28.2. The topological polar surface area (TPSA) is 34.4 Å². The van der Waals surface area contributed by atoms with Crippen molar-refractivity contribution in [2.75, 3.05) is 6.61 Å². The highest BCUT2D eigenvalue weighted by atomic mass is 79.9. The standard InChI is InChI=1S/C11H16BrNO2/c1-7(11-9(12)3-5-15-11)13-10-4-6-14-8(10)2/h3,5,7-8,10,13H,4,6H2,1-2H3. The molecule has 0 amide bonds. The Morgan fingerprint density at radius 1 is 1.60 bits per heavy atom. The van der Waals surface area contributed by atoms with Crippen molar-refractivity contribution in [1.82, 2.24) is 5.32 Å². The quantitative estimate of drug-likeness (QED) is 0.920. The van der Waals surface area contributed by atoms with Gasteiger partial charge in [-0.3, -0.25) is 0 Å². The summed E-state index contributed by atoms with van der Waals surface area (Å²) in [7, 11) is 0. The van der Waals surface area contributed by atoms with Gasteiger partial charge in [-0.05, 0) is 42.3 Å². The van der Waals surface area contributed by atoms with E-state index in [4.69, 9.17) is 9.15 Å². The number of hydrogen-bond acceptors (Lipinski definition) is 3. The van der Waals surface area contributed by atoms with Crippen LogP contribution in [-0.2, 0) is 4.74 Å². The monoisotopic (exact) mass is 273 g/mol. The van der Waals surface area contributed by atoms with Gasteiger partial charge in [0.05, 0.1) is 22.9 Å². The average molecular weight is 274 g/mol. The van der Waals surface area contributed by atoms with Gasteiger partial charge >= 0.3 is 0 Å². The maximum atomic E-state index is 5.51. The Kier molecular flexibility index (Phi) is 3.49. The highest BCUT2D eigenvalue weighted by Gasteiger charge is 2.26. The van der Waals surface area contributed by atoms with Crippen molar-refractivity contribution >= 4 is 15.9 Å². The number of ether oxygens (including phenoxy) is 1. The summed E-state index contributed by atoms with van der Waals surface area (Å²) in [5.74, 6) is 0.953. The fourth-order valence-corrected chi connectivity index (χ4v) is 2.51. The summed E-state index contributed by atoms with van der Waals surface area (Å²) in [6, 6.07) is 2.56. The second kappa shape index (κ2) is 4.68. The molecule has 1 saturated heterocycles. The van der Waals surface area contributed by atoms with Crippen LogP contribution in [0.5, 0.6) is 0 Å². The third kappa shape index (κ3) is 2.44. The molecule has 15 heavy (non-hydrogen) atoms. The molecule has 0 spiro atoms. The summed E-state index contributed by atoms with van der Waals surface area (Å²) in [5, 5.41) is 3.52. The Hall–Kier alpha value is -0.320. The highest BCUT2D eigenvalue weighted by Crippen LogP contribution is 2.26. The molecule has 1 N–H and O–H groups in total. The second-order valence-corrected chi connectivity index (χ2v) is 4.85. The van der Waals surface area contributed by atoms with Crippen molar-refractivity contribution < 1.29 is 9.15 Å². The van der Waals surface area contributed by atoms with E-state index in [9.17, 15) is 0 Å². The minimum Gasteiger partial charge on any atom is -0.466 e. The van der Waals surface area contributed by atoms with Gasteiger partial charge < -0.3 is 14.5 Å². The van der Waals surface area contributed by atoms with Gasteiger partial charge in [-0.1, -0.05) is 0 Å². The lowest BCUT2D eigenvalue weighted by Gasteiger charge is -2.20. The lowest BCUT2D eigenvalue weighted by molar-refractivity contribution is 0.110. The van der Waals surface area contributed by atoms with Gasteiger partial charge in [0.25, 0.3) is 0 Å². The first-order valence-electron chi connectivity index (χ1n) is 5.29. The molecule has 0 aromatic carbocycles. The zero-order valence-corrected chi connectivity index (χ0v) is 10.6. The van der Waals surface area contributed by atoms with E-state index in [0.717, 1.165) is 23.3 Å². The van der Waals surface area contributed by atoms with E-state index in [2.05, 4.69) is 35.1 Å². The number of rotatable bonds is 3. The molecule has 3 unspecified atom stereocenters. The van der Waals surface area contributed by atoms with E-state index in [0.29, 0.717) is 12.1 Å². The number of furan rings is 1. The molecule has 0 bridgehead atoms. The van der Waals surface area contributed by atoms with Crippen LogP contribution in [0.3, 0.4) is 0 Å². The Labute approximate surface area is 98.3 Å². The third-order valence-electron chi connectivity index (χ3n) is 2.88. The van der Waals surface area contributed by atoms with Crippen molar-refractivity contribution in [3.05, 3.63) is 22.6 Å². The van der Waals surface area contributed by atoms with E-state index in [1.54, 1.807) is 6.26 Å². The fourth-order valence-electron chi connectivity index (χ4n) is 1.96. The average Bonchev–Trinajstić information content (AvgIpc) is 2.76. The van der Waals surface area contributed by atoms with E-state index < -0.39 is 0 Å². The molecule has 4 heteroatoms. The van der Waals surface area contributed by atoms with Gasteiger partial charge in [-0.15, -0.1) is 0 Å². The maximum absolute atomic E-state index is 5.51. The number of nitrogens with one attached hydrogen (secondary N) is 1. The van der Waals surface area contributed by atoms with Crippen molar-refractivity contribution in [2.45, 2.75) is 38.5 Å². The predicted molar refractivity (Wildman–Crippen MR) is 61.8 cm³/mol. The molecule has 1 aliphatic rings. The molecule has 1 aliphatic heterocycles. The molecule has 3 atom stereocenters. The fraction of sp³-hybridized carbons (Fsp3) is 0.636. The lowest BCUT2D eigenvalue weighted by atomic mass is 10.1. The van der Waals surface area contributed by atoms with Crippen molar-refractivity contribution in [3.8, 4) is 0 Å². The smallest absolute Gasteiger partial charge is 0.134 e. The highest BCUT2D eigenvalue weighted by molar-refractivity contribution is 9.10. The second-order valence-electron chi connectivity index (χ2n) is 3.99. The molecular formula is C11H16BrNO2. The van der Waals surface area contributed by atoms with Crippen LogP contribution >= 0.6 is 15.9 Å². The maximum Gasteiger partial charge on any atom is 0.134 e. The van der Waals surface area contributed by atoms with E-state index in [-0.39, 0.29) is 6.04 Å². The summed E-state index contributed by atoms with van der Waals surface area (Å²) in [4.78, 5) is 0. The summed E-state index contributed by atoms with van der Waals surface area (Å²) < 4.78 is 12.0. The SMILES string of the molecule is CC(NC1CCOC1C)c1occc1Br. The van der Waals surface area contributed by atoms with Gasteiger partial charge in [-0.25, -0.2) is 0 Å². The van der Waals surface area contributed by atoms with Crippen LogP contribution in [0.25, 0.3) is 0 Å². The van der Waals surface area contributed by atoms with Gasteiger partial charge in [0.1, 0.15) is 5.76 Å². The molecular weight excluding hydrogens is 258 g/mol. The third-order valence-corrected chi connectivity index (χ3v) is 3.53. The van der Waals surface area contributed by atoms with Crippen molar-refractivity contribution in [2.24, 2.45) is 0 Å². The minimum absolute atomic E-state index is 0.212. The summed E-state index contributed by atoms with van der Waals surface area (Å²) in [6.45, 7) is 5.06. The molecule has 3 nitrogen and oxygen atoms in total. The first kappa shape index (κ1) is 11.2. The van der Waals surface area contributed by atoms with E-state index in [1.165, 1.54) is 0 Å². The number of hydrogen-bond donors (Lipinski definition) is 1. The molecule has 2 heterocycles. The predicted octanol–water partition coefficient (Wildman–Crippen LogP) is 2.87. The molecule has 1 aromatic rings. The Morgan fingerprint density at radius 3 is 2.93 bits per heavy atom. The summed E-state index contributed by atoms with van der Waals surface area (Å²) in [6.07, 6.45) is 3.07. The molecule has 0 radical (unpaired) electrons. The lowest BCUT2D eigenvalue weighted by Crippen LogP contribution is -2.36. The molecule has 1 aromatic heterocycles. The van der Waals surface area contributed by atoms with Crippen LogP contribution in [0.1, 0.15) is 32.1 Å². The number of halogens is 1. The molecule has 1 fully saturated rings. The molecule has 2 rings (SSSR count). The zero-order valence-electron chi connectivity index (χ0n) is 9.00. The van der Waals surface area contributed by atoms with Crippen LogP contribution in [0.15, 0.2) is 21.2 Å². The molecule has 0 aliphatic carbocycles. The minimum atomic E-state index is 0.212. The van der Waals surface area contributed by atoms with Crippen molar-refractivity contribution in [1.29, 1.82) is 0 Å². The molecule has 0 saturated carbocycles. The zero-order chi connectivity index (χ0) is 10.8. The van der Waals surface area contributed by atoms with Gasteiger partial charge in [-0.2, -0.15) is 0 Å². The van der Waals surface area contributed by atoms with Crippen LogP contribution < -0.4 is 5.32 Å². The van der Waals surface area contributed by atoms with Gasteiger partial charge in [0.2, 0.25) is 0 Å². The van der Waals surface area contributed by atoms with Crippen LogP contribution in [-0.4, -0.2) is 18.8 Å². The first-order valence-corrected chi connectivity index (χ1v) is 6.08. The Bertz CT molecular complexity index is 326. The van der Waals surface area contributed by atoms with Crippen molar-refractivity contribution in [3.63, 3.8) is 0 Å². The van der Waals surface area contributed by atoms with Crippen LogP contribution in [0, 0.1) is 0 Å². The largest absolute Gasteiger partial charge is 0.466 e. The summed E-state index contributed by atoms with van der Waals surface area (Å²) in [5.41, 5.74) is 0. The van der Waals surface area contributed by atoms with Gasteiger partial charge in [0, 0.05) is 12.6 Å². The Morgan fingerprint density at radius 2 is 2.40 bits per heavy atom. The summed E-state index contributed by atoms with van der Waals surface area (Å²) >= 11 is 3.47. The van der Waals surface area contributed by atoms with E-state index in [1.807, 2.05) is 6.07 Å². The van der Waals surface area contributed by atoms with Crippen LogP contribution in [0.4, 0.5) is 0 Å². The Balaban J connectivity index is 1.97. The first-order chi connectivity index (χ1) is 7.18.